The van der Waals surface area contributed by atoms with Crippen LogP contribution in [-0.4, -0.2) is 38.6 Å². The van der Waals surface area contributed by atoms with Crippen LogP contribution in [0.3, 0.4) is 0 Å². The van der Waals surface area contributed by atoms with Gasteiger partial charge >= 0.3 is 0 Å². The molecule has 3 nitrogen and oxygen atoms in total. The molecule has 0 aliphatic heterocycles. The first-order valence-electron chi connectivity index (χ1n) is 11.4. The van der Waals surface area contributed by atoms with Crippen molar-refractivity contribution < 1.29 is 14.2 Å². The van der Waals surface area contributed by atoms with E-state index in [9.17, 15) is 0 Å². The summed E-state index contributed by atoms with van der Waals surface area (Å²) in [6.45, 7) is 17.5. The molecule has 4 aliphatic carbocycles. The second-order valence-corrected chi connectivity index (χ2v) is 11.6. The Morgan fingerprint density at radius 3 is 1.33 bits per heavy atom. The fraction of sp³-hybridized carbons (Fsp3) is 1.00. The molecule has 0 heterocycles. The summed E-state index contributed by atoms with van der Waals surface area (Å²) in [5.41, 5.74) is 1.56. The maximum atomic E-state index is 6.27. The first-order chi connectivity index (χ1) is 12.6. The lowest BCUT2D eigenvalue weighted by Gasteiger charge is -2.39. The second kappa shape index (κ2) is 6.71. The van der Waals surface area contributed by atoms with Gasteiger partial charge in [-0.25, -0.2) is 0 Å². The van der Waals surface area contributed by atoms with E-state index in [4.69, 9.17) is 14.2 Å². The van der Waals surface area contributed by atoms with Gasteiger partial charge in [0.1, 0.15) is 0 Å². The number of hydrogen-bond acceptors (Lipinski definition) is 3. The predicted molar refractivity (Wildman–Crippen MR) is 109 cm³/mol. The molecule has 0 aromatic carbocycles. The van der Waals surface area contributed by atoms with E-state index in [-0.39, 0.29) is 0 Å². The second-order valence-electron chi connectivity index (χ2n) is 11.6. The van der Waals surface area contributed by atoms with Crippen LogP contribution in [0, 0.1) is 33.5 Å². The third-order valence-electron chi connectivity index (χ3n) is 10.5. The third kappa shape index (κ3) is 2.86. The maximum absolute atomic E-state index is 6.27. The summed E-state index contributed by atoms with van der Waals surface area (Å²) >= 11 is 0. The zero-order valence-corrected chi connectivity index (χ0v) is 18.6. The number of fused-ring (bicyclic) bond motifs is 4. The molecule has 0 N–H and O–H groups in total. The monoisotopic (exact) mass is 378 g/mol. The van der Waals surface area contributed by atoms with E-state index < -0.39 is 0 Å². The molecule has 4 aliphatic rings. The highest BCUT2D eigenvalue weighted by Crippen LogP contribution is 2.67. The smallest absolute Gasteiger partial charge is 0.0704 e. The molecule has 4 rings (SSSR count). The van der Waals surface area contributed by atoms with Crippen LogP contribution in [0.1, 0.15) is 80.1 Å². The molecule has 0 aromatic rings. The van der Waals surface area contributed by atoms with E-state index in [1.54, 1.807) is 0 Å². The van der Waals surface area contributed by atoms with Crippen LogP contribution in [0.5, 0.6) is 0 Å². The van der Waals surface area contributed by atoms with Crippen molar-refractivity contribution in [1.82, 2.24) is 0 Å². The van der Waals surface area contributed by atoms with Crippen molar-refractivity contribution >= 4 is 0 Å². The van der Waals surface area contributed by atoms with Crippen molar-refractivity contribution in [2.45, 2.75) is 92.3 Å². The highest BCUT2D eigenvalue weighted by Gasteiger charge is 2.62. The molecule has 0 radical (unpaired) electrons. The van der Waals surface area contributed by atoms with Gasteiger partial charge in [0.15, 0.2) is 0 Å². The van der Waals surface area contributed by atoms with Gasteiger partial charge in [-0.1, -0.05) is 41.5 Å². The highest BCUT2D eigenvalue weighted by molar-refractivity contribution is 5.12. The van der Waals surface area contributed by atoms with E-state index in [0.29, 0.717) is 47.1 Å². The zero-order chi connectivity index (χ0) is 19.5. The molecule has 3 heteroatoms. The molecule has 0 saturated heterocycles. The molecule has 4 saturated carbocycles. The minimum Gasteiger partial charge on any atom is -0.377 e. The molecule has 4 fully saturated rings. The number of rotatable bonds is 8. The summed E-state index contributed by atoms with van der Waals surface area (Å²) in [6, 6.07) is 0. The van der Waals surface area contributed by atoms with Crippen LogP contribution in [0.2, 0.25) is 0 Å². The minimum atomic E-state index is 0.352. The summed E-state index contributed by atoms with van der Waals surface area (Å²) in [4.78, 5) is 0. The summed E-state index contributed by atoms with van der Waals surface area (Å²) in [7, 11) is 0. The van der Waals surface area contributed by atoms with Crippen molar-refractivity contribution in [3.8, 4) is 0 Å². The molecular weight excluding hydrogens is 336 g/mol. The van der Waals surface area contributed by atoms with Crippen molar-refractivity contribution in [2.24, 2.45) is 33.5 Å². The van der Waals surface area contributed by atoms with Crippen molar-refractivity contribution in [1.29, 1.82) is 0 Å². The van der Waals surface area contributed by atoms with Crippen LogP contribution in [0.15, 0.2) is 0 Å². The Balaban J connectivity index is 1.12. The number of hydrogen-bond donors (Lipinski definition) is 0. The lowest BCUT2D eigenvalue weighted by atomic mass is 9.70. The van der Waals surface area contributed by atoms with E-state index in [1.165, 1.54) is 38.5 Å². The number of ether oxygens (including phenoxy) is 3. The highest BCUT2D eigenvalue weighted by atomic mass is 16.5. The van der Waals surface area contributed by atoms with Crippen LogP contribution in [0.25, 0.3) is 0 Å². The summed E-state index contributed by atoms with van der Waals surface area (Å²) < 4.78 is 18.4. The van der Waals surface area contributed by atoms with Crippen molar-refractivity contribution in [3.05, 3.63) is 0 Å². The van der Waals surface area contributed by atoms with Gasteiger partial charge in [-0.2, -0.15) is 0 Å². The van der Waals surface area contributed by atoms with E-state index >= 15 is 0 Å². The molecule has 6 atom stereocenters. The standard InChI is InChI=1S/C24H42O3/c1-21(2)17-7-9-23(21,5)19(15-17)26-13-11-25-12-14-27-20-16-18-8-10-24(20,6)22(18,3)4/h17-20H,7-16H2,1-6H3. The Kier molecular flexibility index (Phi) is 5.01. The van der Waals surface area contributed by atoms with Crippen LogP contribution in [0.4, 0.5) is 0 Å². The summed E-state index contributed by atoms with van der Waals surface area (Å²) in [5, 5.41) is 0. The van der Waals surface area contributed by atoms with E-state index in [0.717, 1.165) is 25.0 Å². The Hall–Kier alpha value is -0.120. The topological polar surface area (TPSA) is 27.7 Å². The molecule has 6 unspecified atom stereocenters. The maximum Gasteiger partial charge on any atom is 0.0704 e. The van der Waals surface area contributed by atoms with Gasteiger partial charge in [0.2, 0.25) is 0 Å². The van der Waals surface area contributed by atoms with Gasteiger partial charge < -0.3 is 14.2 Å². The third-order valence-corrected chi connectivity index (χ3v) is 10.5. The Morgan fingerprint density at radius 2 is 1.04 bits per heavy atom. The summed E-state index contributed by atoms with van der Waals surface area (Å²) in [5.74, 6) is 1.68. The average Bonchev–Trinajstić information content (AvgIpc) is 3.12. The minimum absolute atomic E-state index is 0.352. The lowest BCUT2D eigenvalue weighted by molar-refractivity contribution is -0.0835. The van der Waals surface area contributed by atoms with Crippen molar-refractivity contribution in [3.63, 3.8) is 0 Å². The van der Waals surface area contributed by atoms with Crippen LogP contribution >= 0.6 is 0 Å². The normalized spacial score (nSPS) is 46.4. The molecular formula is C24H42O3. The molecule has 156 valence electrons. The molecule has 4 bridgehead atoms. The van der Waals surface area contributed by atoms with Gasteiger partial charge in [-0.15, -0.1) is 0 Å². The van der Waals surface area contributed by atoms with Gasteiger partial charge in [-0.05, 0) is 72.0 Å². The van der Waals surface area contributed by atoms with E-state index in [1.807, 2.05) is 0 Å². The lowest BCUT2D eigenvalue weighted by Crippen LogP contribution is -2.38. The van der Waals surface area contributed by atoms with Gasteiger partial charge in [-0.3, -0.25) is 0 Å². The van der Waals surface area contributed by atoms with Gasteiger partial charge in [0.25, 0.3) is 0 Å². The Morgan fingerprint density at radius 1 is 0.630 bits per heavy atom. The van der Waals surface area contributed by atoms with Crippen molar-refractivity contribution in [2.75, 3.05) is 26.4 Å². The van der Waals surface area contributed by atoms with Crippen LogP contribution in [-0.2, 0) is 14.2 Å². The Labute approximate surface area is 166 Å². The largest absolute Gasteiger partial charge is 0.377 e. The SMILES string of the molecule is CC1(C)C2CCC1(C)C(OCCOCCOC1CC3CCC1(C)C3(C)C)C2. The average molecular weight is 379 g/mol. The molecule has 0 amide bonds. The fourth-order valence-electron chi connectivity index (χ4n) is 7.37. The predicted octanol–water partition coefficient (Wildman–Crippen LogP) is 5.47. The molecule has 27 heavy (non-hydrogen) atoms. The Bertz CT molecular complexity index is 508. The summed E-state index contributed by atoms with van der Waals surface area (Å²) in [6.07, 6.45) is 8.73. The van der Waals surface area contributed by atoms with E-state index in [2.05, 4.69) is 41.5 Å². The van der Waals surface area contributed by atoms with Crippen LogP contribution < -0.4 is 0 Å². The first kappa shape index (κ1) is 20.2. The molecule has 0 aromatic heterocycles. The first-order valence-corrected chi connectivity index (χ1v) is 11.4. The quantitative estimate of drug-likeness (QED) is 0.525. The zero-order valence-electron chi connectivity index (χ0n) is 18.6. The van der Waals surface area contributed by atoms with Gasteiger partial charge in [0, 0.05) is 0 Å². The molecule has 0 spiro atoms. The fourth-order valence-corrected chi connectivity index (χ4v) is 7.37. The van der Waals surface area contributed by atoms with Gasteiger partial charge in [0.05, 0.1) is 38.6 Å².